The van der Waals surface area contributed by atoms with Crippen LogP contribution in [0.4, 0.5) is 5.69 Å². The smallest absolute Gasteiger partial charge is 0.234 e. The Labute approximate surface area is 203 Å². The lowest BCUT2D eigenvalue weighted by Crippen LogP contribution is -2.47. The number of aromatic nitrogens is 6. The van der Waals surface area contributed by atoms with Crippen molar-refractivity contribution in [3.05, 3.63) is 48.3 Å². The zero-order valence-electron chi connectivity index (χ0n) is 20.3. The topological polar surface area (TPSA) is 108 Å². The second-order valence-corrected chi connectivity index (χ2v) is 10.1. The van der Waals surface area contributed by atoms with Crippen LogP contribution in [0.1, 0.15) is 38.6 Å². The van der Waals surface area contributed by atoms with Crippen molar-refractivity contribution in [3.8, 4) is 22.6 Å². The van der Waals surface area contributed by atoms with E-state index in [0.717, 1.165) is 46.0 Å². The van der Waals surface area contributed by atoms with E-state index in [4.69, 9.17) is 9.72 Å². The number of imidazole rings is 1. The average Bonchev–Trinajstić information content (AvgIpc) is 3.33. The summed E-state index contributed by atoms with van der Waals surface area (Å²) in [5.74, 6) is 1.49. The van der Waals surface area contributed by atoms with Crippen LogP contribution in [0, 0.1) is 12.3 Å². The molecule has 9 heteroatoms. The van der Waals surface area contributed by atoms with Crippen LogP contribution in [0.3, 0.4) is 0 Å². The van der Waals surface area contributed by atoms with E-state index in [0.29, 0.717) is 31.1 Å². The lowest BCUT2D eigenvalue weighted by atomic mass is 9.69. The Bertz CT molecular complexity index is 1470. The number of nitrogens with zero attached hydrogens (tertiary/aromatic N) is 6. The zero-order valence-corrected chi connectivity index (χ0v) is 20.3. The highest BCUT2D eigenvalue weighted by atomic mass is 16.5. The third-order valence-electron chi connectivity index (χ3n) is 7.21. The molecule has 0 radical (unpaired) electrons. The molecule has 5 heterocycles. The first kappa shape index (κ1) is 21.8. The standard InChI is InChI=1S/C26H27N7O2/c1-5-33-22(17-9-27-15(2)28-10-17)32-21-20(29-14-30-23(21)33)16-6-7-19-18(8-16)26(4,24(34)31-19)11-25(3)12-35-13-25/h6-10,14H,5,11-13H2,1-4H3,(H,31,34)/t26-/m1/s1. The number of hydrogen-bond donors (Lipinski definition) is 1. The zero-order chi connectivity index (χ0) is 24.4. The molecule has 1 saturated heterocycles. The van der Waals surface area contributed by atoms with E-state index in [9.17, 15) is 4.79 Å². The monoisotopic (exact) mass is 469 g/mol. The van der Waals surface area contributed by atoms with Crippen molar-refractivity contribution in [2.24, 2.45) is 5.41 Å². The number of rotatable bonds is 5. The number of carbonyl (C=O) groups is 1. The lowest BCUT2D eigenvalue weighted by Gasteiger charge is -2.42. The van der Waals surface area contributed by atoms with Gasteiger partial charge in [0, 0.05) is 35.6 Å². The van der Waals surface area contributed by atoms with Crippen LogP contribution in [0.5, 0.6) is 0 Å². The molecule has 0 bridgehead atoms. The van der Waals surface area contributed by atoms with Crippen molar-refractivity contribution >= 4 is 22.8 Å². The van der Waals surface area contributed by atoms with Gasteiger partial charge in [-0.25, -0.2) is 24.9 Å². The maximum absolute atomic E-state index is 13.1. The molecular formula is C26H27N7O2. The molecule has 2 aliphatic rings. The predicted octanol–water partition coefficient (Wildman–Crippen LogP) is 3.92. The number of carbonyl (C=O) groups excluding carboxylic acids is 1. The van der Waals surface area contributed by atoms with Gasteiger partial charge >= 0.3 is 0 Å². The Morgan fingerprint density at radius 1 is 1.09 bits per heavy atom. The van der Waals surface area contributed by atoms with Crippen molar-refractivity contribution in [3.63, 3.8) is 0 Å². The maximum atomic E-state index is 13.1. The first-order chi connectivity index (χ1) is 16.8. The summed E-state index contributed by atoms with van der Waals surface area (Å²) in [4.78, 5) is 35.9. The van der Waals surface area contributed by atoms with Gasteiger partial charge in [-0.3, -0.25) is 4.79 Å². The fraction of sp³-hybridized carbons (Fsp3) is 0.385. The molecule has 3 aromatic heterocycles. The van der Waals surface area contributed by atoms with Gasteiger partial charge in [0.25, 0.3) is 0 Å². The summed E-state index contributed by atoms with van der Waals surface area (Å²) in [5, 5.41) is 3.08. The van der Waals surface area contributed by atoms with E-state index in [1.54, 1.807) is 18.7 Å². The van der Waals surface area contributed by atoms with Crippen LogP contribution in [0.15, 0.2) is 36.9 Å². The summed E-state index contributed by atoms with van der Waals surface area (Å²) in [6.07, 6.45) is 5.87. The van der Waals surface area contributed by atoms with Crippen LogP contribution >= 0.6 is 0 Å². The number of amides is 1. The first-order valence-corrected chi connectivity index (χ1v) is 11.9. The van der Waals surface area contributed by atoms with Crippen LogP contribution in [0.25, 0.3) is 33.8 Å². The average molecular weight is 470 g/mol. The van der Waals surface area contributed by atoms with Gasteiger partial charge in [-0.15, -0.1) is 0 Å². The Kier molecular flexibility index (Phi) is 4.76. The van der Waals surface area contributed by atoms with Crippen LogP contribution in [-0.4, -0.2) is 48.6 Å². The minimum Gasteiger partial charge on any atom is -0.380 e. The molecule has 1 aromatic carbocycles. The number of ether oxygens (including phenoxy) is 1. The van der Waals surface area contributed by atoms with Crippen LogP contribution in [0.2, 0.25) is 0 Å². The number of fused-ring (bicyclic) bond motifs is 2. The van der Waals surface area contributed by atoms with Gasteiger partial charge < -0.3 is 14.6 Å². The molecule has 0 spiro atoms. The Hall–Kier alpha value is -3.72. The van der Waals surface area contributed by atoms with Gasteiger partial charge in [-0.05, 0) is 44.9 Å². The van der Waals surface area contributed by atoms with Gasteiger partial charge in [-0.2, -0.15) is 0 Å². The number of hydrogen-bond acceptors (Lipinski definition) is 7. The summed E-state index contributed by atoms with van der Waals surface area (Å²) < 4.78 is 7.51. The third kappa shape index (κ3) is 3.33. The van der Waals surface area contributed by atoms with E-state index < -0.39 is 5.41 Å². The molecule has 1 amide bonds. The highest BCUT2D eigenvalue weighted by Gasteiger charge is 2.49. The van der Waals surface area contributed by atoms with E-state index in [2.05, 4.69) is 49.7 Å². The molecule has 1 N–H and O–H groups in total. The van der Waals surface area contributed by atoms with Crippen molar-refractivity contribution in [2.75, 3.05) is 18.5 Å². The summed E-state index contributed by atoms with van der Waals surface area (Å²) in [6, 6.07) is 6.03. The lowest BCUT2D eigenvalue weighted by molar-refractivity contribution is -0.133. The summed E-state index contributed by atoms with van der Waals surface area (Å²) in [5.41, 5.74) is 5.14. The van der Waals surface area contributed by atoms with Gasteiger partial charge in [0.15, 0.2) is 5.65 Å². The van der Waals surface area contributed by atoms with Crippen molar-refractivity contribution < 1.29 is 9.53 Å². The van der Waals surface area contributed by atoms with E-state index in [1.165, 1.54) is 0 Å². The van der Waals surface area contributed by atoms with Crippen molar-refractivity contribution in [1.82, 2.24) is 29.5 Å². The summed E-state index contributed by atoms with van der Waals surface area (Å²) >= 11 is 0. The molecule has 6 rings (SSSR count). The quantitative estimate of drug-likeness (QED) is 0.472. The van der Waals surface area contributed by atoms with Gasteiger partial charge in [0.2, 0.25) is 5.91 Å². The molecule has 4 aromatic rings. The highest BCUT2D eigenvalue weighted by Crippen LogP contribution is 2.48. The number of benzene rings is 1. The highest BCUT2D eigenvalue weighted by molar-refractivity contribution is 6.06. The molecule has 0 aliphatic carbocycles. The van der Waals surface area contributed by atoms with Crippen molar-refractivity contribution in [1.29, 1.82) is 0 Å². The molecule has 0 saturated carbocycles. The number of nitrogens with one attached hydrogen (secondary N) is 1. The molecule has 2 aliphatic heterocycles. The van der Waals surface area contributed by atoms with Crippen LogP contribution < -0.4 is 5.32 Å². The molecule has 1 atom stereocenters. The molecule has 1 fully saturated rings. The number of aryl methyl sites for hydroxylation is 2. The second kappa shape index (κ2) is 7.64. The first-order valence-electron chi connectivity index (χ1n) is 11.9. The van der Waals surface area contributed by atoms with Gasteiger partial charge in [-0.1, -0.05) is 13.0 Å². The number of anilines is 1. The molecule has 0 unspecified atom stereocenters. The van der Waals surface area contributed by atoms with Gasteiger partial charge in [0.1, 0.15) is 29.2 Å². The summed E-state index contributed by atoms with van der Waals surface area (Å²) in [7, 11) is 0. The molecular weight excluding hydrogens is 442 g/mol. The largest absolute Gasteiger partial charge is 0.380 e. The minimum absolute atomic E-state index is 0.00317. The fourth-order valence-electron chi connectivity index (χ4n) is 5.40. The Balaban J connectivity index is 1.48. The van der Waals surface area contributed by atoms with Crippen molar-refractivity contribution in [2.45, 2.75) is 46.1 Å². The predicted molar refractivity (Wildman–Crippen MR) is 132 cm³/mol. The van der Waals surface area contributed by atoms with Gasteiger partial charge in [0.05, 0.1) is 24.2 Å². The molecule has 9 nitrogen and oxygen atoms in total. The van der Waals surface area contributed by atoms with E-state index in [1.807, 2.05) is 26.0 Å². The Morgan fingerprint density at radius 3 is 2.54 bits per heavy atom. The van der Waals surface area contributed by atoms with E-state index >= 15 is 0 Å². The normalized spacial score (nSPS) is 20.5. The fourth-order valence-corrected chi connectivity index (χ4v) is 5.40. The maximum Gasteiger partial charge on any atom is 0.234 e. The van der Waals surface area contributed by atoms with Crippen LogP contribution in [-0.2, 0) is 21.5 Å². The molecule has 35 heavy (non-hydrogen) atoms. The summed E-state index contributed by atoms with van der Waals surface area (Å²) in [6.45, 7) is 10.2. The third-order valence-corrected chi connectivity index (χ3v) is 7.21. The minimum atomic E-state index is -0.636. The SMILES string of the molecule is CCn1c(-c2cnc(C)nc2)nc2c(-c3ccc4c(c3)[C@@](C)(CC3(C)COC3)C(=O)N4)ncnc21. The second-order valence-electron chi connectivity index (χ2n) is 10.1. The van der Waals surface area contributed by atoms with E-state index in [-0.39, 0.29) is 11.3 Å². The molecule has 178 valence electrons. The Morgan fingerprint density at radius 2 is 1.86 bits per heavy atom.